The highest BCUT2D eigenvalue weighted by Gasteiger charge is 2.18. The first kappa shape index (κ1) is 15.2. The Morgan fingerprint density at radius 3 is 2.76 bits per heavy atom. The van der Waals surface area contributed by atoms with Crippen molar-refractivity contribution in [3.05, 3.63) is 23.8 Å². The van der Waals surface area contributed by atoms with Crippen molar-refractivity contribution in [2.75, 3.05) is 26.3 Å². The average Bonchev–Trinajstić information content (AvgIpc) is 3.01. The maximum Gasteiger partial charge on any atom is 0.260 e. The summed E-state index contributed by atoms with van der Waals surface area (Å²) in [6.07, 6.45) is 3.43. The van der Waals surface area contributed by atoms with E-state index in [2.05, 4.69) is 5.16 Å². The Labute approximate surface area is 124 Å². The number of nitrogens with zero attached hydrogens (tertiary/aromatic N) is 2. The maximum absolute atomic E-state index is 12.0. The van der Waals surface area contributed by atoms with E-state index in [1.807, 2.05) is 11.8 Å². The van der Waals surface area contributed by atoms with Crippen LogP contribution in [-0.2, 0) is 4.79 Å². The van der Waals surface area contributed by atoms with Gasteiger partial charge in [0.15, 0.2) is 18.1 Å². The minimum atomic E-state index is -0.00375. The van der Waals surface area contributed by atoms with Gasteiger partial charge in [-0.1, -0.05) is 5.16 Å². The zero-order chi connectivity index (χ0) is 15.1. The molecule has 0 radical (unpaired) electrons. The number of hydrogen-bond donors (Lipinski definition) is 1. The molecule has 21 heavy (non-hydrogen) atoms. The molecule has 1 fully saturated rings. The van der Waals surface area contributed by atoms with Gasteiger partial charge >= 0.3 is 0 Å². The molecular weight excluding hydrogens is 272 g/mol. The van der Waals surface area contributed by atoms with E-state index in [4.69, 9.17) is 14.7 Å². The molecule has 0 bridgehead atoms. The molecular formula is C15H20N2O4. The van der Waals surface area contributed by atoms with Crippen LogP contribution in [0.1, 0.15) is 25.3 Å². The zero-order valence-electron chi connectivity index (χ0n) is 12.1. The van der Waals surface area contributed by atoms with Gasteiger partial charge in [-0.3, -0.25) is 4.79 Å². The van der Waals surface area contributed by atoms with Gasteiger partial charge in [-0.25, -0.2) is 0 Å². The number of benzene rings is 1. The number of oxime groups is 1. The Balaban J connectivity index is 2.02. The van der Waals surface area contributed by atoms with Crippen LogP contribution in [0, 0.1) is 0 Å². The maximum atomic E-state index is 12.0. The Morgan fingerprint density at radius 1 is 1.33 bits per heavy atom. The number of likely N-dealkylation sites (tertiary alicyclic amines) is 1. The van der Waals surface area contributed by atoms with E-state index in [9.17, 15) is 4.79 Å². The van der Waals surface area contributed by atoms with E-state index in [0.29, 0.717) is 23.7 Å². The fourth-order valence-corrected chi connectivity index (χ4v) is 2.26. The lowest BCUT2D eigenvalue weighted by molar-refractivity contribution is -0.132. The van der Waals surface area contributed by atoms with Gasteiger partial charge in [-0.15, -0.1) is 0 Å². The van der Waals surface area contributed by atoms with Gasteiger partial charge in [0.2, 0.25) is 0 Å². The van der Waals surface area contributed by atoms with Crippen LogP contribution < -0.4 is 9.47 Å². The van der Waals surface area contributed by atoms with Crippen molar-refractivity contribution >= 4 is 12.1 Å². The van der Waals surface area contributed by atoms with Gasteiger partial charge in [0.05, 0.1) is 12.8 Å². The Kier molecular flexibility index (Phi) is 5.43. The molecule has 1 aromatic carbocycles. The minimum Gasteiger partial charge on any atom is -0.490 e. The third-order valence-electron chi connectivity index (χ3n) is 3.28. The third kappa shape index (κ3) is 4.11. The largest absolute Gasteiger partial charge is 0.490 e. The molecule has 0 aliphatic carbocycles. The summed E-state index contributed by atoms with van der Waals surface area (Å²) in [5.41, 5.74) is 0.694. The van der Waals surface area contributed by atoms with Crippen LogP contribution in [0.25, 0.3) is 0 Å². The molecule has 0 aromatic heterocycles. The molecule has 6 heteroatoms. The summed E-state index contributed by atoms with van der Waals surface area (Å²) in [7, 11) is 0. The standard InChI is InChI=1S/C15H20N2O4/c1-2-20-14-9-12(10-16-19)5-6-13(14)21-11-15(18)17-7-3-4-8-17/h5-6,9-10,19H,2-4,7-8,11H2,1H3/b16-10+. The molecule has 1 amide bonds. The quantitative estimate of drug-likeness (QED) is 0.494. The highest BCUT2D eigenvalue weighted by molar-refractivity contribution is 5.81. The van der Waals surface area contributed by atoms with Gasteiger partial charge in [0, 0.05) is 18.7 Å². The van der Waals surface area contributed by atoms with E-state index in [0.717, 1.165) is 25.9 Å². The zero-order valence-corrected chi connectivity index (χ0v) is 12.1. The monoisotopic (exact) mass is 292 g/mol. The summed E-state index contributed by atoms with van der Waals surface area (Å²) in [6, 6.07) is 5.15. The van der Waals surface area contributed by atoms with Crippen molar-refractivity contribution in [2.45, 2.75) is 19.8 Å². The Bertz CT molecular complexity index is 510. The van der Waals surface area contributed by atoms with Crippen molar-refractivity contribution in [2.24, 2.45) is 5.16 Å². The highest BCUT2D eigenvalue weighted by Crippen LogP contribution is 2.28. The molecule has 1 saturated heterocycles. The summed E-state index contributed by atoms with van der Waals surface area (Å²) < 4.78 is 11.1. The van der Waals surface area contributed by atoms with Gasteiger partial charge in [0.1, 0.15) is 0 Å². The smallest absolute Gasteiger partial charge is 0.260 e. The number of amides is 1. The molecule has 2 rings (SSSR count). The van der Waals surface area contributed by atoms with E-state index in [1.165, 1.54) is 6.21 Å². The van der Waals surface area contributed by atoms with Crippen LogP contribution in [0.3, 0.4) is 0 Å². The van der Waals surface area contributed by atoms with Crippen LogP contribution in [0.4, 0.5) is 0 Å². The van der Waals surface area contributed by atoms with E-state index < -0.39 is 0 Å². The van der Waals surface area contributed by atoms with Crippen LogP contribution in [0.2, 0.25) is 0 Å². The second-order valence-electron chi connectivity index (χ2n) is 4.76. The predicted octanol–water partition coefficient (Wildman–Crippen LogP) is 1.89. The molecule has 1 N–H and O–H groups in total. The van der Waals surface area contributed by atoms with E-state index >= 15 is 0 Å². The van der Waals surface area contributed by atoms with E-state index in [1.54, 1.807) is 18.2 Å². The summed E-state index contributed by atoms with van der Waals surface area (Å²) in [5.74, 6) is 1.04. The summed E-state index contributed by atoms with van der Waals surface area (Å²) in [6.45, 7) is 3.98. The molecule has 6 nitrogen and oxygen atoms in total. The minimum absolute atomic E-state index is 0.00375. The summed E-state index contributed by atoms with van der Waals surface area (Å²) in [5, 5.41) is 11.5. The van der Waals surface area contributed by atoms with Crippen molar-refractivity contribution in [3.63, 3.8) is 0 Å². The van der Waals surface area contributed by atoms with Crippen LogP contribution in [-0.4, -0.2) is 48.5 Å². The van der Waals surface area contributed by atoms with Gasteiger partial charge < -0.3 is 19.6 Å². The highest BCUT2D eigenvalue weighted by atomic mass is 16.5. The van der Waals surface area contributed by atoms with Crippen LogP contribution >= 0.6 is 0 Å². The molecule has 0 unspecified atom stereocenters. The van der Waals surface area contributed by atoms with Crippen LogP contribution in [0.5, 0.6) is 11.5 Å². The van der Waals surface area contributed by atoms with Gasteiger partial charge in [-0.05, 0) is 38.0 Å². The normalized spacial score (nSPS) is 14.6. The number of carbonyl (C=O) groups is 1. The lowest BCUT2D eigenvalue weighted by Crippen LogP contribution is -2.32. The number of carbonyl (C=O) groups excluding carboxylic acids is 1. The number of hydrogen-bond acceptors (Lipinski definition) is 5. The Morgan fingerprint density at radius 2 is 2.10 bits per heavy atom. The second-order valence-corrected chi connectivity index (χ2v) is 4.76. The van der Waals surface area contributed by atoms with Crippen molar-refractivity contribution in [1.29, 1.82) is 0 Å². The number of ether oxygens (including phenoxy) is 2. The lowest BCUT2D eigenvalue weighted by Gasteiger charge is -2.17. The average molecular weight is 292 g/mol. The molecule has 1 aromatic rings. The van der Waals surface area contributed by atoms with Gasteiger partial charge in [-0.2, -0.15) is 0 Å². The molecule has 114 valence electrons. The second kappa shape index (κ2) is 7.52. The fourth-order valence-electron chi connectivity index (χ4n) is 2.26. The first-order valence-corrected chi connectivity index (χ1v) is 7.09. The third-order valence-corrected chi connectivity index (χ3v) is 3.28. The first-order valence-electron chi connectivity index (χ1n) is 7.09. The van der Waals surface area contributed by atoms with Crippen LogP contribution in [0.15, 0.2) is 23.4 Å². The fraction of sp³-hybridized carbons (Fsp3) is 0.467. The van der Waals surface area contributed by atoms with Crippen molar-refractivity contribution in [1.82, 2.24) is 4.90 Å². The number of rotatable bonds is 6. The topological polar surface area (TPSA) is 71.4 Å². The molecule has 0 saturated carbocycles. The summed E-state index contributed by atoms with van der Waals surface area (Å²) in [4.78, 5) is 13.8. The van der Waals surface area contributed by atoms with Crippen molar-refractivity contribution in [3.8, 4) is 11.5 Å². The Hall–Kier alpha value is -2.24. The summed E-state index contributed by atoms with van der Waals surface area (Å²) >= 11 is 0. The van der Waals surface area contributed by atoms with Crippen molar-refractivity contribution < 1.29 is 19.5 Å². The predicted molar refractivity (Wildman–Crippen MR) is 78.3 cm³/mol. The molecule has 1 aliphatic rings. The van der Waals surface area contributed by atoms with E-state index in [-0.39, 0.29) is 12.5 Å². The molecule has 1 aliphatic heterocycles. The molecule has 0 spiro atoms. The molecule has 0 atom stereocenters. The SMILES string of the molecule is CCOc1cc(/C=N/O)ccc1OCC(=O)N1CCCC1. The molecule has 1 heterocycles. The van der Waals surface area contributed by atoms with Gasteiger partial charge in [0.25, 0.3) is 5.91 Å². The first-order chi connectivity index (χ1) is 10.2. The lowest BCUT2D eigenvalue weighted by atomic mass is 10.2.